The Morgan fingerprint density at radius 3 is 2.86 bits per heavy atom. The van der Waals surface area contributed by atoms with Crippen LogP contribution in [0.25, 0.3) is 0 Å². The summed E-state index contributed by atoms with van der Waals surface area (Å²) in [5.41, 5.74) is 6.47. The van der Waals surface area contributed by atoms with Crippen molar-refractivity contribution in [2.75, 3.05) is 18.8 Å². The van der Waals surface area contributed by atoms with Gasteiger partial charge in [0.2, 0.25) is 0 Å². The fourth-order valence-corrected chi connectivity index (χ4v) is 1.58. The summed E-state index contributed by atoms with van der Waals surface area (Å²) in [6, 6.07) is 1.66. The lowest BCUT2D eigenvalue weighted by atomic mass is 9.77. The van der Waals surface area contributed by atoms with Gasteiger partial charge in [0, 0.05) is 31.2 Å². The number of nitrogens with two attached hydrogens (primary N) is 1. The summed E-state index contributed by atoms with van der Waals surface area (Å²) < 4.78 is 0. The average Bonchev–Trinajstić information content (AvgIpc) is 2.14. The van der Waals surface area contributed by atoms with Gasteiger partial charge in [-0.05, 0) is 13.0 Å². The van der Waals surface area contributed by atoms with Gasteiger partial charge in [-0.3, -0.25) is 9.78 Å². The number of anilines is 1. The molecule has 1 aliphatic rings. The third kappa shape index (κ3) is 1.28. The highest BCUT2D eigenvalue weighted by atomic mass is 16.1. The van der Waals surface area contributed by atoms with Crippen molar-refractivity contribution >= 4 is 11.5 Å². The molecular weight excluding hydrogens is 178 g/mol. The Labute approximate surface area is 82.5 Å². The maximum atomic E-state index is 12.0. The first-order valence-corrected chi connectivity index (χ1v) is 4.58. The van der Waals surface area contributed by atoms with Gasteiger partial charge < -0.3 is 11.1 Å². The molecule has 1 aromatic heterocycles. The number of carbonyl (C=O) groups is 1. The van der Waals surface area contributed by atoms with E-state index >= 15 is 0 Å². The smallest absolute Gasteiger partial charge is 0.174 e. The van der Waals surface area contributed by atoms with E-state index in [0.717, 1.165) is 13.1 Å². The average molecular weight is 191 g/mol. The van der Waals surface area contributed by atoms with E-state index in [-0.39, 0.29) is 11.2 Å². The Morgan fingerprint density at radius 2 is 2.36 bits per heavy atom. The van der Waals surface area contributed by atoms with Gasteiger partial charge in [-0.2, -0.15) is 0 Å². The molecule has 1 aromatic rings. The highest BCUT2D eigenvalue weighted by Crippen LogP contribution is 2.28. The molecule has 2 rings (SSSR count). The largest absolute Gasteiger partial charge is 0.398 e. The summed E-state index contributed by atoms with van der Waals surface area (Å²) >= 11 is 0. The molecule has 0 aliphatic carbocycles. The molecule has 1 aliphatic heterocycles. The summed E-state index contributed by atoms with van der Waals surface area (Å²) in [6.07, 6.45) is 3.13. The van der Waals surface area contributed by atoms with Crippen LogP contribution in [0.2, 0.25) is 0 Å². The van der Waals surface area contributed by atoms with Crippen LogP contribution in [-0.4, -0.2) is 23.9 Å². The summed E-state index contributed by atoms with van der Waals surface area (Å²) in [4.78, 5) is 15.9. The minimum atomic E-state index is -0.294. The fourth-order valence-electron chi connectivity index (χ4n) is 1.58. The van der Waals surface area contributed by atoms with Crippen LogP contribution in [0.4, 0.5) is 5.69 Å². The molecule has 2 heterocycles. The maximum absolute atomic E-state index is 12.0. The molecule has 1 fully saturated rings. The highest BCUT2D eigenvalue weighted by Gasteiger charge is 2.40. The van der Waals surface area contributed by atoms with E-state index in [0.29, 0.717) is 11.3 Å². The van der Waals surface area contributed by atoms with Crippen molar-refractivity contribution in [1.29, 1.82) is 0 Å². The summed E-state index contributed by atoms with van der Waals surface area (Å²) in [6.45, 7) is 3.39. The molecule has 4 nitrogen and oxygen atoms in total. The molecule has 0 atom stereocenters. The van der Waals surface area contributed by atoms with Crippen LogP contribution in [0, 0.1) is 5.41 Å². The van der Waals surface area contributed by atoms with Crippen LogP contribution in [0.1, 0.15) is 17.3 Å². The minimum Gasteiger partial charge on any atom is -0.398 e. The number of hydrogen-bond donors (Lipinski definition) is 2. The lowest BCUT2D eigenvalue weighted by Crippen LogP contribution is -2.56. The molecule has 0 spiro atoms. The zero-order chi connectivity index (χ0) is 10.2. The number of nitrogens with one attached hydrogen (secondary N) is 1. The number of carbonyl (C=O) groups excluding carboxylic acids is 1. The standard InChI is InChI=1S/C10H13N3O/c1-10(5-13-6-10)9(14)7-4-12-3-2-8(7)11/h2-4,13H,5-6H2,1H3,(H2,11,12). The summed E-state index contributed by atoms with van der Waals surface area (Å²) in [5, 5.41) is 3.09. The van der Waals surface area contributed by atoms with Crippen molar-refractivity contribution in [3.63, 3.8) is 0 Å². The molecule has 0 radical (unpaired) electrons. The fraction of sp³-hybridized carbons (Fsp3) is 0.400. The van der Waals surface area contributed by atoms with Crippen LogP contribution in [0.5, 0.6) is 0 Å². The maximum Gasteiger partial charge on any atom is 0.174 e. The minimum absolute atomic E-state index is 0.0850. The molecular formula is C10H13N3O. The third-order valence-corrected chi connectivity index (χ3v) is 2.68. The zero-order valence-corrected chi connectivity index (χ0v) is 8.08. The van der Waals surface area contributed by atoms with Gasteiger partial charge in [-0.1, -0.05) is 0 Å². The van der Waals surface area contributed by atoms with Gasteiger partial charge >= 0.3 is 0 Å². The molecule has 0 bridgehead atoms. The van der Waals surface area contributed by atoms with E-state index < -0.39 is 0 Å². The normalized spacial score (nSPS) is 18.6. The highest BCUT2D eigenvalue weighted by molar-refractivity contribution is 6.04. The van der Waals surface area contributed by atoms with Crippen molar-refractivity contribution in [2.45, 2.75) is 6.92 Å². The van der Waals surface area contributed by atoms with Gasteiger partial charge in [0.25, 0.3) is 0 Å². The Bertz CT molecular complexity index is 371. The van der Waals surface area contributed by atoms with Gasteiger partial charge in [-0.15, -0.1) is 0 Å². The molecule has 0 aromatic carbocycles. The van der Waals surface area contributed by atoms with Gasteiger partial charge in [0.05, 0.1) is 11.0 Å². The molecule has 0 unspecified atom stereocenters. The van der Waals surface area contributed by atoms with Gasteiger partial charge in [-0.25, -0.2) is 0 Å². The molecule has 74 valence electrons. The second-order valence-electron chi connectivity index (χ2n) is 3.96. The molecule has 14 heavy (non-hydrogen) atoms. The van der Waals surface area contributed by atoms with E-state index in [2.05, 4.69) is 10.3 Å². The Balaban J connectivity index is 2.32. The molecule has 0 amide bonds. The first-order chi connectivity index (χ1) is 6.63. The van der Waals surface area contributed by atoms with Crippen molar-refractivity contribution in [1.82, 2.24) is 10.3 Å². The van der Waals surface area contributed by atoms with E-state index in [1.807, 2.05) is 6.92 Å². The first-order valence-electron chi connectivity index (χ1n) is 4.58. The SMILES string of the molecule is CC1(C(=O)c2cnccc2N)CNC1. The number of rotatable bonds is 2. The summed E-state index contributed by atoms with van der Waals surface area (Å²) in [5.74, 6) is 0.0850. The Hall–Kier alpha value is -1.42. The van der Waals surface area contributed by atoms with Crippen molar-refractivity contribution < 1.29 is 4.79 Å². The van der Waals surface area contributed by atoms with Crippen molar-refractivity contribution in [3.05, 3.63) is 24.0 Å². The number of nitrogens with zero attached hydrogens (tertiary/aromatic N) is 1. The van der Waals surface area contributed by atoms with Crippen LogP contribution in [-0.2, 0) is 0 Å². The predicted molar refractivity (Wildman–Crippen MR) is 54.0 cm³/mol. The first kappa shape index (κ1) is 9.15. The number of pyridine rings is 1. The number of hydrogen-bond acceptors (Lipinski definition) is 4. The lowest BCUT2D eigenvalue weighted by molar-refractivity contribution is 0.0722. The van der Waals surface area contributed by atoms with Crippen LogP contribution >= 0.6 is 0 Å². The molecule has 3 N–H and O–H groups in total. The topological polar surface area (TPSA) is 68.0 Å². The number of nitrogen functional groups attached to an aromatic ring is 1. The van der Waals surface area contributed by atoms with Crippen LogP contribution in [0.3, 0.4) is 0 Å². The van der Waals surface area contributed by atoms with Gasteiger partial charge in [0.1, 0.15) is 0 Å². The quantitative estimate of drug-likeness (QED) is 0.666. The number of aromatic nitrogens is 1. The third-order valence-electron chi connectivity index (χ3n) is 2.68. The van der Waals surface area contributed by atoms with E-state index in [1.165, 1.54) is 0 Å². The molecule has 4 heteroatoms. The van der Waals surface area contributed by atoms with Crippen LogP contribution < -0.4 is 11.1 Å². The Morgan fingerprint density at radius 1 is 1.64 bits per heavy atom. The monoisotopic (exact) mass is 191 g/mol. The van der Waals surface area contributed by atoms with Crippen LogP contribution in [0.15, 0.2) is 18.5 Å². The second kappa shape index (κ2) is 3.06. The van der Waals surface area contributed by atoms with Gasteiger partial charge in [0.15, 0.2) is 5.78 Å². The predicted octanol–water partition coefficient (Wildman–Crippen LogP) is 0.456. The van der Waals surface area contributed by atoms with Crippen molar-refractivity contribution in [3.8, 4) is 0 Å². The zero-order valence-electron chi connectivity index (χ0n) is 8.08. The van der Waals surface area contributed by atoms with Crippen molar-refractivity contribution in [2.24, 2.45) is 5.41 Å². The Kier molecular flexibility index (Phi) is 2.00. The van der Waals surface area contributed by atoms with E-state index in [4.69, 9.17) is 5.73 Å². The summed E-state index contributed by atoms with van der Waals surface area (Å²) in [7, 11) is 0. The lowest BCUT2D eigenvalue weighted by Gasteiger charge is -2.37. The molecule has 1 saturated heterocycles. The van der Waals surface area contributed by atoms with E-state index in [9.17, 15) is 4.79 Å². The van der Waals surface area contributed by atoms with E-state index in [1.54, 1.807) is 18.5 Å². The number of Topliss-reactive ketones (excluding diaryl/α,β-unsaturated/α-hetero) is 1. The second-order valence-corrected chi connectivity index (χ2v) is 3.96. The molecule has 0 saturated carbocycles. The number of ketones is 1.